The van der Waals surface area contributed by atoms with Crippen LogP contribution in [0.25, 0.3) is 11.1 Å². The molecule has 30 heavy (non-hydrogen) atoms. The number of nitrogen functional groups attached to an aromatic ring is 1. The van der Waals surface area contributed by atoms with E-state index in [2.05, 4.69) is 5.43 Å². The topological polar surface area (TPSA) is 127 Å². The number of halogens is 1. The number of aromatic nitrogens is 1. The van der Waals surface area contributed by atoms with Gasteiger partial charge in [-0.25, -0.2) is 9.47 Å². The number of allylic oxidation sites excluding steroid dienone is 2. The molecule has 0 fully saturated rings. The van der Waals surface area contributed by atoms with Gasteiger partial charge in [0.2, 0.25) is 0 Å². The van der Waals surface area contributed by atoms with Crippen molar-refractivity contribution < 1.29 is 14.3 Å². The van der Waals surface area contributed by atoms with Gasteiger partial charge in [-0.2, -0.15) is 5.26 Å². The molecule has 0 amide bonds. The summed E-state index contributed by atoms with van der Waals surface area (Å²) < 4.78 is 5.97. The SMILES string of the molecule is CCOC(=O)c1c(-c2ccc(Cl)cc2)c(C#N)c(=O)n(NC2=CCCCC2=O)c1N. The summed E-state index contributed by atoms with van der Waals surface area (Å²) >= 11 is 5.94. The normalized spacial score (nSPS) is 13.4. The fraction of sp³-hybridized carbons (Fsp3) is 0.238. The summed E-state index contributed by atoms with van der Waals surface area (Å²) in [4.78, 5) is 38.0. The molecule has 0 aliphatic heterocycles. The second-order valence-electron chi connectivity index (χ2n) is 6.53. The van der Waals surface area contributed by atoms with E-state index in [1.54, 1.807) is 37.3 Å². The summed E-state index contributed by atoms with van der Waals surface area (Å²) in [6.07, 6.45) is 3.34. The Kier molecular flexibility index (Phi) is 6.23. The fourth-order valence-electron chi connectivity index (χ4n) is 3.21. The molecule has 1 aliphatic rings. The van der Waals surface area contributed by atoms with E-state index in [9.17, 15) is 19.6 Å². The molecule has 1 aromatic carbocycles. The van der Waals surface area contributed by atoms with Crippen molar-refractivity contribution in [2.45, 2.75) is 26.2 Å². The first kappa shape index (κ1) is 21.1. The first-order valence-electron chi connectivity index (χ1n) is 9.31. The van der Waals surface area contributed by atoms with Gasteiger partial charge in [0, 0.05) is 17.0 Å². The molecule has 1 aliphatic carbocycles. The van der Waals surface area contributed by atoms with Crippen LogP contribution in [-0.4, -0.2) is 23.0 Å². The quantitative estimate of drug-likeness (QED) is 0.703. The molecule has 154 valence electrons. The average molecular weight is 427 g/mol. The van der Waals surface area contributed by atoms with Crippen LogP contribution in [0.1, 0.15) is 42.1 Å². The average Bonchev–Trinajstić information content (AvgIpc) is 2.73. The second kappa shape index (κ2) is 8.84. The van der Waals surface area contributed by atoms with E-state index >= 15 is 0 Å². The second-order valence-corrected chi connectivity index (χ2v) is 6.97. The number of hydrogen-bond donors (Lipinski definition) is 2. The third kappa shape index (κ3) is 3.93. The highest BCUT2D eigenvalue weighted by atomic mass is 35.5. The number of nitriles is 1. The van der Waals surface area contributed by atoms with Gasteiger partial charge in [0.05, 0.1) is 12.3 Å². The number of carbonyl (C=O) groups is 2. The van der Waals surface area contributed by atoms with Crippen molar-refractivity contribution in [1.82, 2.24) is 4.68 Å². The number of nitrogens with one attached hydrogen (secondary N) is 1. The third-order valence-corrected chi connectivity index (χ3v) is 4.88. The first-order valence-corrected chi connectivity index (χ1v) is 9.68. The number of pyridine rings is 1. The minimum absolute atomic E-state index is 0.0529. The number of ether oxygens (including phenoxy) is 1. The van der Waals surface area contributed by atoms with Gasteiger partial charge < -0.3 is 10.5 Å². The number of rotatable bonds is 5. The van der Waals surface area contributed by atoms with E-state index in [1.807, 2.05) is 6.07 Å². The maximum atomic E-state index is 13.1. The molecule has 8 nitrogen and oxygen atoms in total. The number of nitrogens with zero attached hydrogens (tertiary/aromatic N) is 2. The minimum Gasteiger partial charge on any atom is -0.462 e. The molecule has 0 saturated heterocycles. The summed E-state index contributed by atoms with van der Waals surface area (Å²) in [5, 5.41) is 10.2. The van der Waals surface area contributed by atoms with Crippen molar-refractivity contribution in [2.75, 3.05) is 17.8 Å². The van der Waals surface area contributed by atoms with Crippen molar-refractivity contribution >= 4 is 29.2 Å². The molecule has 0 saturated carbocycles. The molecule has 0 radical (unpaired) electrons. The number of nitrogens with two attached hydrogens (primary N) is 1. The Hall–Kier alpha value is -3.57. The van der Waals surface area contributed by atoms with Crippen molar-refractivity contribution in [3.8, 4) is 17.2 Å². The number of anilines is 1. The van der Waals surface area contributed by atoms with Gasteiger partial charge in [-0.1, -0.05) is 29.8 Å². The maximum absolute atomic E-state index is 13.1. The maximum Gasteiger partial charge on any atom is 0.342 e. The molecule has 0 spiro atoms. The third-order valence-electron chi connectivity index (χ3n) is 4.63. The highest BCUT2D eigenvalue weighted by Crippen LogP contribution is 2.31. The van der Waals surface area contributed by atoms with Gasteiger partial charge in [0.15, 0.2) is 5.78 Å². The Labute approximate surface area is 177 Å². The molecule has 0 bridgehead atoms. The lowest BCUT2D eigenvalue weighted by Crippen LogP contribution is -2.37. The van der Waals surface area contributed by atoms with Crippen LogP contribution in [0.5, 0.6) is 0 Å². The van der Waals surface area contributed by atoms with Crippen molar-refractivity contribution in [3.63, 3.8) is 0 Å². The number of hydrogen-bond acceptors (Lipinski definition) is 7. The Morgan fingerprint density at radius 1 is 1.33 bits per heavy atom. The number of benzene rings is 1. The van der Waals surface area contributed by atoms with Crippen molar-refractivity contribution in [3.05, 3.63) is 62.5 Å². The molecule has 9 heteroatoms. The lowest BCUT2D eigenvalue weighted by Gasteiger charge is -2.21. The highest BCUT2D eigenvalue weighted by molar-refractivity contribution is 6.30. The summed E-state index contributed by atoms with van der Waals surface area (Å²) in [6.45, 7) is 1.69. The Morgan fingerprint density at radius 2 is 2.03 bits per heavy atom. The Morgan fingerprint density at radius 3 is 2.63 bits per heavy atom. The summed E-state index contributed by atoms with van der Waals surface area (Å²) in [6, 6.07) is 8.14. The van der Waals surface area contributed by atoms with Crippen molar-refractivity contribution in [2.24, 2.45) is 0 Å². The predicted octanol–water partition coefficient (Wildman–Crippen LogP) is 2.98. The summed E-state index contributed by atoms with van der Waals surface area (Å²) in [5.74, 6) is -1.25. The van der Waals surface area contributed by atoms with E-state index in [0.717, 1.165) is 4.68 Å². The van der Waals surface area contributed by atoms with Crippen LogP contribution < -0.4 is 16.7 Å². The van der Waals surface area contributed by atoms with E-state index in [-0.39, 0.29) is 40.6 Å². The largest absolute Gasteiger partial charge is 0.462 e. The zero-order chi connectivity index (χ0) is 21.8. The predicted molar refractivity (Wildman–Crippen MR) is 113 cm³/mol. The first-order chi connectivity index (χ1) is 14.4. The van der Waals surface area contributed by atoms with Crippen LogP contribution in [0.15, 0.2) is 40.8 Å². The van der Waals surface area contributed by atoms with Crippen LogP contribution in [0, 0.1) is 11.3 Å². The van der Waals surface area contributed by atoms with Gasteiger partial charge in [0.1, 0.15) is 23.0 Å². The van der Waals surface area contributed by atoms with Crippen molar-refractivity contribution in [1.29, 1.82) is 5.26 Å². The van der Waals surface area contributed by atoms with Crippen LogP contribution in [0.2, 0.25) is 5.02 Å². The van der Waals surface area contributed by atoms with Gasteiger partial charge in [-0.3, -0.25) is 15.0 Å². The molecular formula is C21H19ClN4O4. The van der Waals surface area contributed by atoms with Gasteiger partial charge in [0.25, 0.3) is 5.56 Å². The molecule has 3 rings (SSSR count). The van der Waals surface area contributed by atoms with Crippen LogP contribution in [0.4, 0.5) is 5.82 Å². The van der Waals surface area contributed by atoms with E-state index in [0.29, 0.717) is 29.8 Å². The van der Waals surface area contributed by atoms with Gasteiger partial charge >= 0.3 is 5.97 Å². The van der Waals surface area contributed by atoms with E-state index in [1.165, 1.54) is 0 Å². The molecule has 1 heterocycles. The smallest absolute Gasteiger partial charge is 0.342 e. The molecule has 2 aromatic rings. The molecule has 0 atom stereocenters. The van der Waals surface area contributed by atoms with E-state index < -0.39 is 11.5 Å². The van der Waals surface area contributed by atoms with Gasteiger partial charge in [-0.15, -0.1) is 0 Å². The zero-order valence-electron chi connectivity index (χ0n) is 16.2. The molecule has 1 aromatic heterocycles. The monoisotopic (exact) mass is 426 g/mol. The zero-order valence-corrected chi connectivity index (χ0v) is 17.0. The molecule has 3 N–H and O–H groups in total. The number of esters is 1. The minimum atomic E-state index is -0.795. The number of Topliss-reactive ketones (excluding diaryl/α,β-unsaturated/α-hetero) is 1. The number of carbonyl (C=O) groups excluding carboxylic acids is 2. The van der Waals surface area contributed by atoms with Crippen LogP contribution >= 0.6 is 11.6 Å². The molecule has 0 unspecified atom stereocenters. The fourth-order valence-corrected chi connectivity index (χ4v) is 3.33. The lowest BCUT2D eigenvalue weighted by atomic mass is 9.96. The lowest BCUT2D eigenvalue weighted by molar-refractivity contribution is -0.115. The summed E-state index contributed by atoms with van der Waals surface area (Å²) in [7, 11) is 0. The van der Waals surface area contributed by atoms with E-state index in [4.69, 9.17) is 22.1 Å². The standard InChI is InChI=1S/C21H19ClN4O4/c1-2-30-21(29)18-17(12-7-9-13(22)10-8-12)14(11-23)20(28)26(19(18)24)25-15-5-3-4-6-16(15)27/h5,7-10,25H,2-4,6,24H2,1H3. The van der Waals surface area contributed by atoms with Crippen LogP contribution in [0.3, 0.4) is 0 Å². The summed E-state index contributed by atoms with van der Waals surface area (Å²) in [5.41, 5.74) is 8.27. The molecular weight excluding hydrogens is 408 g/mol. The Balaban J connectivity index is 2.30. The number of ketones is 1. The Bertz CT molecular complexity index is 1140. The van der Waals surface area contributed by atoms with Crippen LogP contribution in [-0.2, 0) is 9.53 Å². The van der Waals surface area contributed by atoms with Gasteiger partial charge in [-0.05, 0) is 37.5 Å². The highest BCUT2D eigenvalue weighted by Gasteiger charge is 2.28.